The Kier molecular flexibility index (Phi) is 8.43. The van der Waals surface area contributed by atoms with Crippen LogP contribution in [0.5, 0.6) is 0 Å². The van der Waals surface area contributed by atoms with E-state index in [1.807, 2.05) is 18.2 Å². The van der Waals surface area contributed by atoms with Gasteiger partial charge in [0.2, 0.25) is 5.90 Å². The SMILES string of the molecule is CC(C)c1cccc(C(C)C)c1N=C(C1=NCCO1)c1ccccc1.CCC. The molecule has 0 radical (unpaired) electrons. The Morgan fingerprint density at radius 1 is 0.929 bits per heavy atom. The van der Waals surface area contributed by atoms with E-state index in [0.29, 0.717) is 30.9 Å². The zero-order valence-corrected chi connectivity index (χ0v) is 18.2. The van der Waals surface area contributed by atoms with Crippen LogP contribution in [0.25, 0.3) is 0 Å². The van der Waals surface area contributed by atoms with Gasteiger partial charge in [-0.15, -0.1) is 0 Å². The molecule has 1 aliphatic heterocycles. The molecule has 1 heterocycles. The molecule has 0 amide bonds. The number of rotatable bonds is 5. The van der Waals surface area contributed by atoms with Crippen LogP contribution >= 0.6 is 0 Å². The summed E-state index contributed by atoms with van der Waals surface area (Å²) in [7, 11) is 0. The first-order valence-electron chi connectivity index (χ1n) is 10.4. The second-order valence-electron chi connectivity index (χ2n) is 7.66. The van der Waals surface area contributed by atoms with Crippen LogP contribution in [0.2, 0.25) is 0 Å². The van der Waals surface area contributed by atoms with Crippen LogP contribution in [0.4, 0.5) is 5.69 Å². The van der Waals surface area contributed by atoms with Crippen LogP contribution in [0.1, 0.15) is 76.5 Å². The molecule has 0 saturated heterocycles. The molecule has 0 aliphatic carbocycles. The highest BCUT2D eigenvalue weighted by Gasteiger charge is 2.20. The van der Waals surface area contributed by atoms with Crippen molar-refractivity contribution in [1.29, 1.82) is 0 Å². The average Bonchev–Trinajstić information content (AvgIpc) is 3.21. The van der Waals surface area contributed by atoms with E-state index in [0.717, 1.165) is 17.0 Å². The third-order valence-corrected chi connectivity index (χ3v) is 4.40. The smallest absolute Gasteiger partial charge is 0.236 e. The molecule has 0 atom stereocenters. The fourth-order valence-electron chi connectivity index (χ4n) is 3.06. The summed E-state index contributed by atoms with van der Waals surface area (Å²) >= 11 is 0. The number of nitrogens with zero attached hydrogens (tertiary/aromatic N) is 2. The molecule has 2 aromatic carbocycles. The van der Waals surface area contributed by atoms with Gasteiger partial charge in [-0.2, -0.15) is 0 Å². The molecule has 2 aromatic rings. The van der Waals surface area contributed by atoms with Crippen LogP contribution < -0.4 is 0 Å². The van der Waals surface area contributed by atoms with E-state index in [9.17, 15) is 0 Å². The fourth-order valence-corrected chi connectivity index (χ4v) is 3.06. The molecule has 1 aliphatic rings. The maximum atomic E-state index is 5.76. The Balaban J connectivity index is 0.000000878. The minimum absolute atomic E-state index is 0.404. The van der Waals surface area contributed by atoms with Crippen molar-refractivity contribution < 1.29 is 4.74 Å². The summed E-state index contributed by atoms with van der Waals surface area (Å²) in [5, 5.41) is 0. The molecular weight excluding hydrogens is 344 g/mol. The topological polar surface area (TPSA) is 34.0 Å². The van der Waals surface area contributed by atoms with Gasteiger partial charge >= 0.3 is 0 Å². The van der Waals surface area contributed by atoms with Crippen LogP contribution in [-0.4, -0.2) is 24.8 Å². The van der Waals surface area contributed by atoms with Crippen molar-refractivity contribution in [1.82, 2.24) is 0 Å². The first-order valence-corrected chi connectivity index (χ1v) is 10.4. The average molecular weight is 379 g/mol. The van der Waals surface area contributed by atoms with Gasteiger partial charge in [0.05, 0.1) is 12.2 Å². The van der Waals surface area contributed by atoms with Crippen LogP contribution in [0.15, 0.2) is 58.5 Å². The fraction of sp³-hybridized carbons (Fsp3) is 0.440. The lowest BCUT2D eigenvalue weighted by Crippen LogP contribution is -2.16. The number of hydrogen-bond acceptors (Lipinski definition) is 3. The highest BCUT2D eigenvalue weighted by Crippen LogP contribution is 2.35. The lowest BCUT2D eigenvalue weighted by Gasteiger charge is -2.18. The molecule has 0 saturated carbocycles. The molecule has 0 unspecified atom stereocenters. The molecular formula is C25H34N2O. The summed E-state index contributed by atoms with van der Waals surface area (Å²) in [6, 6.07) is 16.7. The van der Waals surface area contributed by atoms with E-state index < -0.39 is 0 Å². The van der Waals surface area contributed by atoms with E-state index in [2.05, 4.69) is 76.9 Å². The zero-order chi connectivity index (χ0) is 20.5. The monoisotopic (exact) mass is 378 g/mol. The molecule has 3 nitrogen and oxygen atoms in total. The first kappa shape index (κ1) is 21.9. The van der Waals surface area contributed by atoms with Crippen molar-refractivity contribution in [2.75, 3.05) is 13.2 Å². The van der Waals surface area contributed by atoms with Crippen molar-refractivity contribution in [2.45, 2.75) is 59.8 Å². The molecule has 150 valence electrons. The summed E-state index contributed by atoms with van der Waals surface area (Å²) < 4.78 is 5.76. The Labute approximate surface area is 170 Å². The Morgan fingerprint density at radius 3 is 1.96 bits per heavy atom. The molecule has 0 fully saturated rings. The highest BCUT2D eigenvalue weighted by atomic mass is 16.5. The summed E-state index contributed by atoms with van der Waals surface area (Å²) in [5.74, 6) is 1.46. The predicted molar refractivity (Wildman–Crippen MR) is 121 cm³/mol. The second-order valence-corrected chi connectivity index (χ2v) is 7.66. The zero-order valence-electron chi connectivity index (χ0n) is 18.2. The van der Waals surface area contributed by atoms with Gasteiger partial charge in [0, 0.05) is 5.56 Å². The number of ether oxygens (including phenoxy) is 1. The minimum atomic E-state index is 0.404. The third-order valence-electron chi connectivity index (χ3n) is 4.40. The second kappa shape index (κ2) is 10.8. The predicted octanol–water partition coefficient (Wildman–Crippen LogP) is 6.90. The summed E-state index contributed by atoms with van der Waals surface area (Å²) in [5.41, 5.74) is 5.45. The maximum absolute atomic E-state index is 5.76. The maximum Gasteiger partial charge on any atom is 0.236 e. The Hall–Kier alpha value is -2.42. The molecule has 3 heteroatoms. The lowest BCUT2D eigenvalue weighted by molar-refractivity contribution is 0.353. The van der Waals surface area contributed by atoms with Gasteiger partial charge in [0.25, 0.3) is 0 Å². The third kappa shape index (κ3) is 5.54. The van der Waals surface area contributed by atoms with Gasteiger partial charge in [-0.25, -0.2) is 9.98 Å². The Morgan fingerprint density at radius 2 is 1.50 bits per heavy atom. The van der Waals surface area contributed by atoms with Crippen LogP contribution in [-0.2, 0) is 4.74 Å². The lowest BCUT2D eigenvalue weighted by atomic mass is 9.92. The van der Waals surface area contributed by atoms with Crippen molar-refractivity contribution >= 4 is 17.3 Å². The quantitative estimate of drug-likeness (QED) is 0.521. The van der Waals surface area contributed by atoms with Crippen molar-refractivity contribution in [3.05, 3.63) is 65.2 Å². The Bertz CT molecular complexity index is 778. The van der Waals surface area contributed by atoms with E-state index >= 15 is 0 Å². The van der Waals surface area contributed by atoms with Gasteiger partial charge in [-0.1, -0.05) is 96.5 Å². The van der Waals surface area contributed by atoms with Gasteiger partial charge in [-0.05, 0) is 23.0 Å². The van der Waals surface area contributed by atoms with E-state index in [1.165, 1.54) is 17.5 Å². The minimum Gasteiger partial charge on any atom is -0.474 e. The summed E-state index contributed by atoms with van der Waals surface area (Å²) in [4.78, 5) is 9.64. The number of hydrogen-bond donors (Lipinski definition) is 0. The first-order chi connectivity index (χ1) is 13.5. The number of aliphatic imine (C=N–C) groups is 2. The van der Waals surface area contributed by atoms with Crippen molar-refractivity contribution in [3.63, 3.8) is 0 Å². The highest BCUT2D eigenvalue weighted by molar-refractivity contribution is 6.46. The summed E-state index contributed by atoms with van der Waals surface area (Å²) in [6.07, 6.45) is 1.25. The van der Waals surface area contributed by atoms with Crippen molar-refractivity contribution in [2.24, 2.45) is 9.98 Å². The van der Waals surface area contributed by atoms with Crippen LogP contribution in [0.3, 0.4) is 0 Å². The van der Waals surface area contributed by atoms with Gasteiger partial charge in [0.15, 0.2) is 0 Å². The summed E-state index contributed by atoms with van der Waals surface area (Å²) in [6.45, 7) is 14.4. The molecule has 28 heavy (non-hydrogen) atoms. The molecule has 0 aromatic heterocycles. The number of benzene rings is 2. The standard InChI is InChI=1S/C22H26N2O.C3H8/c1-15(2)18-11-8-12-19(16(3)4)21(18)24-20(22-23-13-14-25-22)17-9-6-5-7-10-17;1-3-2/h5-12,15-16H,13-14H2,1-4H3;3H2,1-2H3. The van der Waals surface area contributed by atoms with E-state index in [1.54, 1.807) is 0 Å². The van der Waals surface area contributed by atoms with Gasteiger partial charge in [0.1, 0.15) is 12.3 Å². The van der Waals surface area contributed by atoms with Crippen LogP contribution in [0, 0.1) is 0 Å². The molecule has 0 bridgehead atoms. The van der Waals surface area contributed by atoms with Gasteiger partial charge < -0.3 is 4.74 Å². The van der Waals surface area contributed by atoms with Crippen molar-refractivity contribution in [3.8, 4) is 0 Å². The molecule has 0 spiro atoms. The largest absolute Gasteiger partial charge is 0.474 e. The molecule has 3 rings (SSSR count). The number of para-hydroxylation sites is 1. The molecule has 0 N–H and O–H groups in total. The van der Waals surface area contributed by atoms with Gasteiger partial charge in [-0.3, -0.25) is 0 Å². The normalized spacial score (nSPS) is 13.9. The van der Waals surface area contributed by atoms with E-state index in [-0.39, 0.29) is 0 Å². The van der Waals surface area contributed by atoms with E-state index in [4.69, 9.17) is 9.73 Å².